The number of halogens is 3. The summed E-state index contributed by atoms with van der Waals surface area (Å²) in [6.07, 6.45) is -2.73. The third-order valence-corrected chi connectivity index (χ3v) is 6.41. The topological polar surface area (TPSA) is 66.6 Å². The molecule has 0 aromatic rings. The van der Waals surface area contributed by atoms with Gasteiger partial charge in [0.2, 0.25) is 0 Å². The fraction of sp³-hybridized carbons (Fsp3) is 1.00. The largest absolute Gasteiger partial charge is 0.393 e. The van der Waals surface area contributed by atoms with Crippen LogP contribution in [0.5, 0.6) is 0 Å². The molecule has 2 heterocycles. The molecule has 2 aliphatic heterocycles. The first-order valence-electron chi connectivity index (χ1n) is 7.27. The van der Waals surface area contributed by atoms with E-state index in [4.69, 9.17) is 5.73 Å². The molecule has 0 spiro atoms. The van der Waals surface area contributed by atoms with Gasteiger partial charge in [-0.25, -0.2) is 0 Å². The van der Waals surface area contributed by atoms with Crippen molar-refractivity contribution in [1.29, 1.82) is 0 Å². The monoisotopic (exact) mass is 329 g/mol. The summed E-state index contributed by atoms with van der Waals surface area (Å²) in [5.74, 6) is -1.25. The van der Waals surface area contributed by atoms with Gasteiger partial charge in [-0.3, -0.25) is 0 Å². The lowest BCUT2D eigenvalue weighted by Gasteiger charge is -2.38. The van der Waals surface area contributed by atoms with Gasteiger partial charge in [-0.2, -0.15) is 30.2 Å². The average molecular weight is 329 g/mol. The zero-order chi connectivity index (χ0) is 15.7. The van der Waals surface area contributed by atoms with Crippen LogP contribution in [0, 0.1) is 11.8 Å². The summed E-state index contributed by atoms with van der Waals surface area (Å²) >= 11 is 0. The fourth-order valence-electron chi connectivity index (χ4n) is 2.96. The molecule has 2 N–H and O–H groups in total. The third-order valence-electron chi connectivity index (χ3n) is 4.41. The van der Waals surface area contributed by atoms with Crippen LogP contribution >= 0.6 is 0 Å². The van der Waals surface area contributed by atoms with Crippen LogP contribution in [0.15, 0.2) is 0 Å². The molecule has 0 aromatic heterocycles. The van der Waals surface area contributed by atoms with Gasteiger partial charge < -0.3 is 5.73 Å². The van der Waals surface area contributed by atoms with Gasteiger partial charge in [0, 0.05) is 26.2 Å². The van der Waals surface area contributed by atoms with Crippen molar-refractivity contribution in [3.05, 3.63) is 0 Å². The van der Waals surface area contributed by atoms with Crippen LogP contribution in [0.1, 0.15) is 25.7 Å². The van der Waals surface area contributed by atoms with Crippen LogP contribution in [0.2, 0.25) is 0 Å². The fourth-order valence-corrected chi connectivity index (χ4v) is 4.69. The highest BCUT2D eigenvalue weighted by atomic mass is 32.2. The van der Waals surface area contributed by atoms with E-state index in [1.807, 2.05) is 0 Å². The zero-order valence-electron chi connectivity index (χ0n) is 11.8. The molecule has 0 bridgehead atoms. The molecule has 21 heavy (non-hydrogen) atoms. The van der Waals surface area contributed by atoms with Crippen molar-refractivity contribution < 1.29 is 21.6 Å². The molecule has 0 saturated carbocycles. The van der Waals surface area contributed by atoms with Crippen LogP contribution in [0.3, 0.4) is 0 Å². The van der Waals surface area contributed by atoms with E-state index in [-0.39, 0.29) is 19.4 Å². The van der Waals surface area contributed by atoms with Crippen LogP contribution in [-0.2, 0) is 10.2 Å². The summed E-state index contributed by atoms with van der Waals surface area (Å²) in [7, 11) is -3.78. The van der Waals surface area contributed by atoms with Crippen LogP contribution in [0.4, 0.5) is 13.2 Å². The first kappa shape index (κ1) is 17.0. The molecule has 2 aliphatic rings. The highest BCUT2D eigenvalue weighted by molar-refractivity contribution is 7.86. The maximum Gasteiger partial charge on any atom is 0.393 e. The van der Waals surface area contributed by atoms with E-state index in [9.17, 15) is 21.6 Å². The van der Waals surface area contributed by atoms with E-state index in [0.717, 1.165) is 4.31 Å². The molecule has 124 valence electrons. The van der Waals surface area contributed by atoms with Gasteiger partial charge in [0.1, 0.15) is 0 Å². The third kappa shape index (κ3) is 3.88. The lowest BCUT2D eigenvalue weighted by atomic mass is 9.99. The number of alkyl halides is 3. The standard InChI is InChI=1S/C12H22F3N3O2S/c13-12(14,15)11-2-1-5-18(9-11)21(19,20)17-6-3-10(8-16)4-7-17/h10-11H,1-9,16H2. The zero-order valence-corrected chi connectivity index (χ0v) is 12.7. The molecule has 1 unspecified atom stereocenters. The Morgan fingerprint density at radius 2 is 1.67 bits per heavy atom. The lowest BCUT2D eigenvalue weighted by molar-refractivity contribution is -0.182. The van der Waals surface area contributed by atoms with Crippen molar-refractivity contribution in [2.45, 2.75) is 31.9 Å². The Labute approximate surface area is 123 Å². The molecule has 1 atom stereocenters. The minimum Gasteiger partial charge on any atom is -0.330 e. The Balaban J connectivity index is 2.02. The van der Waals surface area contributed by atoms with Gasteiger partial charge in [-0.05, 0) is 38.1 Å². The molecule has 0 aromatic carbocycles. The van der Waals surface area contributed by atoms with Crippen molar-refractivity contribution >= 4 is 10.2 Å². The number of piperidine rings is 2. The molecule has 0 amide bonds. The summed E-state index contributed by atoms with van der Waals surface area (Å²) in [5.41, 5.74) is 5.56. The Morgan fingerprint density at radius 3 is 2.19 bits per heavy atom. The van der Waals surface area contributed by atoms with E-state index >= 15 is 0 Å². The van der Waals surface area contributed by atoms with Gasteiger partial charge in [-0.15, -0.1) is 0 Å². The summed E-state index contributed by atoms with van der Waals surface area (Å²) < 4.78 is 65.6. The number of hydrogen-bond donors (Lipinski definition) is 1. The molecule has 2 rings (SSSR count). The van der Waals surface area contributed by atoms with Crippen molar-refractivity contribution in [2.75, 3.05) is 32.7 Å². The number of nitrogens with two attached hydrogens (primary N) is 1. The second kappa shape index (κ2) is 6.39. The summed E-state index contributed by atoms with van der Waals surface area (Å²) in [6.45, 7) is 0.927. The highest BCUT2D eigenvalue weighted by Crippen LogP contribution is 2.34. The molecule has 2 saturated heterocycles. The predicted molar refractivity (Wildman–Crippen MR) is 72.6 cm³/mol. The molecule has 5 nitrogen and oxygen atoms in total. The first-order valence-corrected chi connectivity index (χ1v) is 8.67. The maximum atomic E-state index is 12.8. The normalized spacial score (nSPS) is 27.9. The summed E-state index contributed by atoms with van der Waals surface area (Å²) in [6, 6.07) is 0. The average Bonchev–Trinajstić information content (AvgIpc) is 2.46. The highest BCUT2D eigenvalue weighted by Gasteiger charge is 2.45. The Bertz CT molecular complexity index is 447. The second-order valence-corrected chi connectivity index (χ2v) is 7.75. The molecule has 2 fully saturated rings. The SMILES string of the molecule is NCC1CCN(S(=O)(=O)N2CCCC(C(F)(F)F)C2)CC1. The smallest absolute Gasteiger partial charge is 0.330 e. The summed E-state index contributed by atoms with van der Waals surface area (Å²) in [4.78, 5) is 0. The Kier molecular flexibility index (Phi) is 5.17. The van der Waals surface area contributed by atoms with Gasteiger partial charge in [-0.1, -0.05) is 0 Å². The van der Waals surface area contributed by atoms with Gasteiger partial charge in [0.25, 0.3) is 10.2 Å². The summed E-state index contributed by atoms with van der Waals surface area (Å²) in [5, 5.41) is 0. The number of nitrogens with zero attached hydrogens (tertiary/aromatic N) is 2. The van der Waals surface area contributed by atoms with Crippen molar-refractivity contribution in [3.63, 3.8) is 0 Å². The van der Waals surface area contributed by atoms with Gasteiger partial charge in [0.15, 0.2) is 0 Å². The van der Waals surface area contributed by atoms with E-state index in [1.54, 1.807) is 0 Å². The van der Waals surface area contributed by atoms with Crippen LogP contribution < -0.4 is 5.73 Å². The van der Waals surface area contributed by atoms with E-state index in [2.05, 4.69) is 0 Å². The van der Waals surface area contributed by atoms with E-state index in [0.29, 0.717) is 38.4 Å². The minimum atomic E-state index is -4.33. The van der Waals surface area contributed by atoms with Gasteiger partial charge in [0.05, 0.1) is 5.92 Å². The molecular formula is C12H22F3N3O2S. The molecule has 0 radical (unpaired) electrons. The maximum absolute atomic E-state index is 12.8. The minimum absolute atomic E-state index is 0.00473. The van der Waals surface area contributed by atoms with Crippen molar-refractivity contribution in [2.24, 2.45) is 17.6 Å². The Hall–Kier alpha value is -0.380. The lowest BCUT2D eigenvalue weighted by Crippen LogP contribution is -2.52. The number of hydrogen-bond acceptors (Lipinski definition) is 3. The second-order valence-electron chi connectivity index (χ2n) is 5.82. The number of rotatable bonds is 3. The first-order chi connectivity index (χ1) is 9.75. The van der Waals surface area contributed by atoms with Crippen LogP contribution in [-0.4, -0.2) is 55.9 Å². The quantitative estimate of drug-likeness (QED) is 0.845. The van der Waals surface area contributed by atoms with Crippen molar-refractivity contribution in [1.82, 2.24) is 8.61 Å². The van der Waals surface area contributed by atoms with E-state index < -0.39 is 28.8 Å². The van der Waals surface area contributed by atoms with Crippen LogP contribution in [0.25, 0.3) is 0 Å². The Morgan fingerprint density at radius 1 is 1.05 bits per heavy atom. The molecule has 9 heteroatoms. The molecular weight excluding hydrogens is 307 g/mol. The van der Waals surface area contributed by atoms with Gasteiger partial charge >= 0.3 is 6.18 Å². The van der Waals surface area contributed by atoms with E-state index in [1.165, 1.54) is 4.31 Å². The molecule has 0 aliphatic carbocycles. The predicted octanol–water partition coefficient (Wildman–Crippen LogP) is 1.18. The van der Waals surface area contributed by atoms with Crippen molar-refractivity contribution in [3.8, 4) is 0 Å².